The number of nitrogens with zero attached hydrogens (tertiary/aromatic N) is 1. The number of anilines is 2. The van der Waals surface area contributed by atoms with Crippen LogP contribution in [0.4, 0.5) is 11.4 Å². The second-order valence-electron chi connectivity index (χ2n) is 6.56. The third-order valence-corrected chi connectivity index (χ3v) is 6.17. The predicted octanol–water partition coefficient (Wildman–Crippen LogP) is 2.20. The molecule has 0 saturated carbocycles. The van der Waals surface area contributed by atoms with E-state index in [-0.39, 0.29) is 33.6 Å². The lowest BCUT2D eigenvalue weighted by Gasteiger charge is -2.17. The van der Waals surface area contributed by atoms with E-state index >= 15 is 0 Å². The highest BCUT2D eigenvalue weighted by molar-refractivity contribution is 7.92. The van der Waals surface area contributed by atoms with E-state index in [2.05, 4.69) is 4.72 Å². The highest BCUT2D eigenvalue weighted by atomic mass is 32.2. The molecule has 3 rings (SSSR count). The first-order chi connectivity index (χ1) is 14.2. The van der Waals surface area contributed by atoms with Gasteiger partial charge >= 0.3 is 5.97 Å². The average molecular weight is 434 g/mol. The zero-order chi connectivity index (χ0) is 22.1. The van der Waals surface area contributed by atoms with Gasteiger partial charge in [-0.2, -0.15) is 0 Å². The molecule has 9 nitrogen and oxygen atoms in total. The van der Waals surface area contributed by atoms with Crippen LogP contribution < -0.4 is 19.1 Å². The molecule has 0 fully saturated rings. The Bertz CT molecular complexity index is 1110. The molecule has 10 heteroatoms. The Hall–Kier alpha value is -3.27. The highest BCUT2D eigenvalue weighted by Crippen LogP contribution is 2.36. The SMILES string of the molecule is COC(=O)c1cc(OC)c(OC)cc1NS(=O)(=O)c1ccc2c(c1)CCN2C(C)=O. The molecule has 1 aliphatic rings. The fraction of sp³-hybridized carbons (Fsp3) is 0.300. The number of carbonyl (C=O) groups is 2. The van der Waals surface area contributed by atoms with Gasteiger partial charge in [-0.3, -0.25) is 9.52 Å². The maximum absolute atomic E-state index is 13.0. The van der Waals surface area contributed by atoms with Crippen LogP contribution >= 0.6 is 0 Å². The Balaban J connectivity index is 2.01. The van der Waals surface area contributed by atoms with Gasteiger partial charge in [-0.25, -0.2) is 13.2 Å². The Morgan fingerprint density at radius 1 is 1.03 bits per heavy atom. The van der Waals surface area contributed by atoms with Crippen LogP contribution in [0.2, 0.25) is 0 Å². The van der Waals surface area contributed by atoms with E-state index in [0.29, 0.717) is 18.7 Å². The molecule has 1 amide bonds. The molecular weight excluding hydrogens is 412 g/mol. The Kier molecular flexibility index (Phi) is 5.88. The van der Waals surface area contributed by atoms with Crippen molar-refractivity contribution in [2.75, 3.05) is 37.5 Å². The van der Waals surface area contributed by atoms with Crippen molar-refractivity contribution in [2.24, 2.45) is 0 Å². The van der Waals surface area contributed by atoms with Gasteiger partial charge < -0.3 is 19.1 Å². The fourth-order valence-corrected chi connectivity index (χ4v) is 4.44. The van der Waals surface area contributed by atoms with E-state index < -0.39 is 16.0 Å². The van der Waals surface area contributed by atoms with Gasteiger partial charge in [0, 0.05) is 31.3 Å². The van der Waals surface area contributed by atoms with Gasteiger partial charge in [0.1, 0.15) is 0 Å². The quantitative estimate of drug-likeness (QED) is 0.694. The number of fused-ring (bicyclic) bond motifs is 1. The number of rotatable bonds is 6. The number of nitrogens with one attached hydrogen (secondary N) is 1. The number of methoxy groups -OCH3 is 3. The molecule has 0 unspecified atom stereocenters. The number of benzene rings is 2. The van der Waals surface area contributed by atoms with Crippen molar-refractivity contribution < 1.29 is 32.2 Å². The van der Waals surface area contributed by atoms with E-state index in [1.807, 2.05) is 0 Å². The lowest BCUT2D eigenvalue weighted by atomic mass is 10.1. The van der Waals surface area contributed by atoms with Crippen LogP contribution in [-0.2, 0) is 26.0 Å². The fourth-order valence-electron chi connectivity index (χ4n) is 3.32. The summed E-state index contributed by atoms with van der Waals surface area (Å²) in [6, 6.07) is 7.25. The number of carbonyl (C=O) groups excluding carboxylic acids is 2. The van der Waals surface area contributed by atoms with Crippen molar-refractivity contribution in [1.29, 1.82) is 0 Å². The van der Waals surface area contributed by atoms with E-state index in [1.165, 1.54) is 52.5 Å². The summed E-state index contributed by atoms with van der Waals surface area (Å²) in [7, 11) is -0.0475. The second kappa shape index (κ2) is 8.23. The average Bonchev–Trinajstić information content (AvgIpc) is 3.16. The number of amides is 1. The van der Waals surface area contributed by atoms with Gasteiger partial charge in [0.25, 0.3) is 10.0 Å². The van der Waals surface area contributed by atoms with Gasteiger partial charge in [0.2, 0.25) is 5.91 Å². The summed E-state index contributed by atoms with van der Waals surface area (Å²) >= 11 is 0. The van der Waals surface area contributed by atoms with E-state index in [0.717, 1.165) is 5.56 Å². The van der Waals surface area contributed by atoms with Crippen LogP contribution in [0.25, 0.3) is 0 Å². The van der Waals surface area contributed by atoms with Gasteiger partial charge in [-0.05, 0) is 30.2 Å². The Morgan fingerprint density at radius 3 is 2.30 bits per heavy atom. The molecule has 160 valence electrons. The summed E-state index contributed by atoms with van der Waals surface area (Å²) in [4.78, 5) is 25.5. The summed E-state index contributed by atoms with van der Waals surface area (Å²) < 4.78 is 43.6. The Labute approximate surface area is 174 Å². The molecule has 2 aromatic rings. The number of sulfonamides is 1. The zero-order valence-corrected chi connectivity index (χ0v) is 17.8. The molecular formula is C20H22N2O7S. The van der Waals surface area contributed by atoms with Crippen LogP contribution in [-0.4, -0.2) is 48.2 Å². The molecule has 0 radical (unpaired) electrons. The highest BCUT2D eigenvalue weighted by Gasteiger charge is 2.26. The summed E-state index contributed by atoms with van der Waals surface area (Å²) in [6.45, 7) is 1.97. The monoisotopic (exact) mass is 434 g/mol. The zero-order valence-electron chi connectivity index (χ0n) is 17.0. The van der Waals surface area contributed by atoms with Crippen molar-refractivity contribution in [2.45, 2.75) is 18.2 Å². The topological polar surface area (TPSA) is 111 Å². The molecule has 1 N–H and O–H groups in total. The minimum atomic E-state index is -4.04. The second-order valence-corrected chi connectivity index (χ2v) is 8.24. The van der Waals surface area contributed by atoms with Crippen molar-refractivity contribution in [3.63, 3.8) is 0 Å². The molecule has 30 heavy (non-hydrogen) atoms. The molecule has 0 aliphatic carbocycles. The van der Waals surface area contributed by atoms with Gasteiger partial charge in [0.05, 0.1) is 37.5 Å². The van der Waals surface area contributed by atoms with Gasteiger partial charge in [-0.1, -0.05) is 0 Å². The van der Waals surface area contributed by atoms with E-state index in [9.17, 15) is 18.0 Å². The van der Waals surface area contributed by atoms with E-state index in [4.69, 9.17) is 14.2 Å². The lowest BCUT2D eigenvalue weighted by molar-refractivity contribution is -0.116. The Morgan fingerprint density at radius 2 is 1.70 bits per heavy atom. The van der Waals surface area contributed by atoms with Crippen molar-refractivity contribution in [3.8, 4) is 11.5 Å². The van der Waals surface area contributed by atoms with Crippen molar-refractivity contribution >= 4 is 33.3 Å². The summed E-state index contributed by atoms with van der Waals surface area (Å²) in [5, 5.41) is 0. The lowest BCUT2D eigenvalue weighted by Crippen LogP contribution is -2.25. The van der Waals surface area contributed by atoms with Crippen molar-refractivity contribution in [3.05, 3.63) is 41.5 Å². The molecule has 0 atom stereocenters. The van der Waals surface area contributed by atoms with Crippen LogP contribution in [0.15, 0.2) is 35.2 Å². The minimum Gasteiger partial charge on any atom is -0.493 e. The largest absolute Gasteiger partial charge is 0.493 e. The van der Waals surface area contributed by atoms with Crippen LogP contribution in [0.3, 0.4) is 0 Å². The van der Waals surface area contributed by atoms with E-state index in [1.54, 1.807) is 11.0 Å². The first-order valence-electron chi connectivity index (χ1n) is 9.00. The molecule has 2 aromatic carbocycles. The maximum atomic E-state index is 13.0. The minimum absolute atomic E-state index is 0.00893. The summed E-state index contributed by atoms with van der Waals surface area (Å²) in [5.74, 6) is -0.341. The standard InChI is InChI=1S/C20H22N2O7S/c1-12(23)22-8-7-13-9-14(5-6-17(13)22)30(25,26)21-16-11-19(28-3)18(27-2)10-15(16)20(24)29-4/h5-6,9-11,21H,7-8H2,1-4H3. The number of ether oxygens (including phenoxy) is 3. The molecule has 0 aromatic heterocycles. The number of esters is 1. The normalized spacial score (nSPS) is 12.9. The molecule has 1 aliphatic heterocycles. The van der Waals surface area contributed by atoms with Gasteiger partial charge in [-0.15, -0.1) is 0 Å². The van der Waals surface area contributed by atoms with Crippen LogP contribution in [0.5, 0.6) is 11.5 Å². The first-order valence-corrected chi connectivity index (χ1v) is 10.5. The summed E-state index contributed by atoms with van der Waals surface area (Å²) in [6.07, 6.45) is 0.558. The predicted molar refractivity (Wildman–Crippen MR) is 110 cm³/mol. The third-order valence-electron chi connectivity index (χ3n) is 4.81. The number of hydrogen-bond acceptors (Lipinski definition) is 7. The number of hydrogen-bond donors (Lipinski definition) is 1. The molecule has 0 spiro atoms. The van der Waals surface area contributed by atoms with Crippen LogP contribution in [0.1, 0.15) is 22.8 Å². The first kappa shape index (κ1) is 21.4. The van der Waals surface area contributed by atoms with Gasteiger partial charge in [0.15, 0.2) is 11.5 Å². The smallest absolute Gasteiger partial charge is 0.340 e. The van der Waals surface area contributed by atoms with Crippen molar-refractivity contribution in [1.82, 2.24) is 0 Å². The maximum Gasteiger partial charge on any atom is 0.340 e. The summed E-state index contributed by atoms with van der Waals surface area (Å²) in [5.41, 5.74) is 1.42. The molecule has 0 saturated heterocycles. The van der Waals surface area contributed by atoms with Crippen LogP contribution in [0, 0.1) is 0 Å². The molecule has 0 bridgehead atoms. The third kappa shape index (κ3) is 3.90. The molecule has 1 heterocycles.